The number of hydrogen-bond acceptors (Lipinski definition) is 7. The topological polar surface area (TPSA) is 137 Å². The zero-order valence-electron chi connectivity index (χ0n) is 14.6. The number of primary sulfonamides is 1. The van der Waals surface area contributed by atoms with E-state index in [9.17, 15) is 18.5 Å². The van der Waals surface area contributed by atoms with E-state index in [1.807, 2.05) is 34.9 Å². The van der Waals surface area contributed by atoms with E-state index < -0.39 is 14.9 Å². The van der Waals surface area contributed by atoms with E-state index in [1.165, 1.54) is 12.1 Å². The van der Waals surface area contributed by atoms with Gasteiger partial charge in [-0.2, -0.15) is 0 Å². The molecular weight excluding hydrogens is 384 g/mol. The first-order valence-electron chi connectivity index (χ1n) is 8.38. The summed E-state index contributed by atoms with van der Waals surface area (Å²) in [4.78, 5) is 12.4. The maximum atomic E-state index is 11.5. The quantitative estimate of drug-likeness (QED) is 0.518. The highest BCUT2D eigenvalue weighted by Gasteiger charge is 2.28. The minimum Gasteiger partial charge on any atom is -0.357 e. The maximum Gasteiger partial charge on any atom is 0.293 e. The highest BCUT2D eigenvalue weighted by Crippen LogP contribution is 2.33. The summed E-state index contributed by atoms with van der Waals surface area (Å²) in [7, 11) is -4.03. The molecule has 10 nitrogen and oxygen atoms in total. The first kappa shape index (κ1) is 18.1. The first-order valence-corrected chi connectivity index (χ1v) is 9.93. The molecule has 0 saturated heterocycles. The molecule has 0 atom stereocenters. The van der Waals surface area contributed by atoms with Gasteiger partial charge < -0.3 is 9.47 Å². The Kier molecular flexibility index (Phi) is 4.32. The van der Waals surface area contributed by atoms with Crippen LogP contribution in [-0.2, 0) is 23.1 Å². The van der Waals surface area contributed by atoms with Crippen molar-refractivity contribution in [1.29, 1.82) is 0 Å². The third kappa shape index (κ3) is 3.21. The summed E-state index contributed by atoms with van der Waals surface area (Å²) >= 11 is 0. The van der Waals surface area contributed by atoms with Crippen LogP contribution in [0, 0.1) is 10.1 Å². The molecular formula is C17H16N6O4S. The van der Waals surface area contributed by atoms with Gasteiger partial charge in [0, 0.05) is 24.7 Å². The van der Waals surface area contributed by atoms with E-state index >= 15 is 0 Å². The van der Waals surface area contributed by atoms with Crippen molar-refractivity contribution in [3.63, 3.8) is 0 Å². The largest absolute Gasteiger partial charge is 0.357 e. The van der Waals surface area contributed by atoms with Crippen molar-refractivity contribution in [2.45, 2.75) is 18.0 Å². The van der Waals surface area contributed by atoms with Gasteiger partial charge in [0.25, 0.3) is 5.69 Å². The second kappa shape index (κ2) is 6.69. The fourth-order valence-corrected chi connectivity index (χ4v) is 3.79. The Labute approximate surface area is 160 Å². The van der Waals surface area contributed by atoms with Crippen molar-refractivity contribution >= 4 is 21.4 Å². The Morgan fingerprint density at radius 1 is 1.07 bits per heavy atom. The van der Waals surface area contributed by atoms with E-state index in [0.29, 0.717) is 31.1 Å². The Morgan fingerprint density at radius 3 is 2.50 bits per heavy atom. The minimum absolute atomic E-state index is 0.297. The van der Waals surface area contributed by atoms with Crippen LogP contribution in [0.1, 0.15) is 5.82 Å². The third-order valence-corrected chi connectivity index (χ3v) is 5.51. The monoisotopic (exact) mass is 400 g/mol. The van der Waals surface area contributed by atoms with Crippen LogP contribution in [-0.4, -0.2) is 34.7 Å². The van der Waals surface area contributed by atoms with Crippen LogP contribution in [0.3, 0.4) is 0 Å². The minimum atomic E-state index is -4.03. The number of nitro groups is 1. The van der Waals surface area contributed by atoms with Gasteiger partial charge in [0.15, 0.2) is 11.6 Å². The number of hydrogen-bond donors (Lipinski definition) is 1. The molecule has 0 radical (unpaired) electrons. The summed E-state index contributed by atoms with van der Waals surface area (Å²) in [5.41, 5.74) is 0.939. The van der Waals surface area contributed by atoms with Crippen molar-refractivity contribution in [1.82, 2.24) is 14.8 Å². The molecule has 11 heteroatoms. The second-order valence-corrected chi connectivity index (χ2v) is 7.89. The standard InChI is InChI=1S/C17H16N6O4S/c18-28(26,27)13-6-7-14(15(10-13)23(24)25)21-8-9-22-16(11-21)19-20-17(22)12-4-2-1-3-5-12/h1-7,10H,8-9,11H2,(H2,18,26,27). The average Bonchev–Trinajstić information content (AvgIpc) is 3.10. The van der Waals surface area contributed by atoms with Gasteiger partial charge in [-0.25, -0.2) is 13.6 Å². The number of sulfonamides is 1. The van der Waals surface area contributed by atoms with Gasteiger partial charge in [-0.15, -0.1) is 10.2 Å². The number of nitro benzene ring substituents is 1. The molecule has 1 aliphatic rings. The second-order valence-electron chi connectivity index (χ2n) is 6.33. The molecule has 0 saturated carbocycles. The fraction of sp³-hybridized carbons (Fsp3) is 0.176. The molecule has 2 aromatic carbocycles. The molecule has 0 spiro atoms. The Hall–Kier alpha value is -3.31. The summed E-state index contributed by atoms with van der Waals surface area (Å²) in [5.74, 6) is 1.42. The van der Waals surface area contributed by atoms with Crippen molar-refractivity contribution in [2.24, 2.45) is 5.14 Å². The van der Waals surface area contributed by atoms with Gasteiger partial charge in [0.05, 0.1) is 16.4 Å². The summed E-state index contributed by atoms with van der Waals surface area (Å²) in [6, 6.07) is 13.3. The number of benzene rings is 2. The van der Waals surface area contributed by atoms with Crippen molar-refractivity contribution in [3.05, 3.63) is 64.5 Å². The van der Waals surface area contributed by atoms with Crippen LogP contribution >= 0.6 is 0 Å². The highest BCUT2D eigenvalue weighted by atomic mass is 32.2. The van der Waals surface area contributed by atoms with Crippen LogP contribution in [0.5, 0.6) is 0 Å². The van der Waals surface area contributed by atoms with E-state index in [-0.39, 0.29) is 10.6 Å². The summed E-state index contributed by atoms with van der Waals surface area (Å²) in [6.45, 7) is 1.34. The van der Waals surface area contributed by atoms with Crippen LogP contribution in [0.25, 0.3) is 11.4 Å². The summed E-state index contributed by atoms with van der Waals surface area (Å²) in [5, 5.41) is 25.1. The van der Waals surface area contributed by atoms with Crippen LogP contribution in [0.15, 0.2) is 53.4 Å². The lowest BCUT2D eigenvalue weighted by Crippen LogP contribution is -2.34. The van der Waals surface area contributed by atoms with E-state index in [0.717, 1.165) is 17.5 Å². The Balaban J connectivity index is 1.69. The molecule has 28 heavy (non-hydrogen) atoms. The number of anilines is 1. The lowest BCUT2D eigenvalue weighted by atomic mass is 10.2. The number of rotatable bonds is 4. The molecule has 0 amide bonds. The number of nitrogens with two attached hydrogens (primary N) is 1. The molecule has 2 heterocycles. The molecule has 1 aromatic heterocycles. The van der Waals surface area contributed by atoms with Crippen molar-refractivity contribution < 1.29 is 13.3 Å². The van der Waals surface area contributed by atoms with Gasteiger partial charge in [-0.05, 0) is 12.1 Å². The van der Waals surface area contributed by atoms with E-state index in [1.54, 1.807) is 4.90 Å². The first-order chi connectivity index (χ1) is 13.3. The van der Waals surface area contributed by atoms with Gasteiger partial charge in [0.2, 0.25) is 10.0 Å². The van der Waals surface area contributed by atoms with Gasteiger partial charge in [0.1, 0.15) is 5.69 Å². The molecule has 1 aliphatic heterocycles. The number of aromatic nitrogens is 3. The fourth-order valence-electron chi connectivity index (χ4n) is 3.26. The molecule has 2 N–H and O–H groups in total. The molecule has 0 unspecified atom stereocenters. The Morgan fingerprint density at radius 2 is 1.82 bits per heavy atom. The van der Waals surface area contributed by atoms with Crippen LogP contribution in [0.2, 0.25) is 0 Å². The van der Waals surface area contributed by atoms with E-state index in [4.69, 9.17) is 5.14 Å². The highest BCUT2D eigenvalue weighted by molar-refractivity contribution is 7.89. The van der Waals surface area contributed by atoms with Gasteiger partial charge >= 0.3 is 0 Å². The van der Waals surface area contributed by atoms with Crippen molar-refractivity contribution in [3.8, 4) is 11.4 Å². The third-order valence-electron chi connectivity index (χ3n) is 4.60. The number of nitrogens with zero attached hydrogens (tertiary/aromatic N) is 5. The molecule has 144 valence electrons. The lowest BCUT2D eigenvalue weighted by molar-refractivity contribution is -0.384. The maximum absolute atomic E-state index is 11.5. The molecule has 0 fully saturated rings. The van der Waals surface area contributed by atoms with Crippen LogP contribution in [0.4, 0.5) is 11.4 Å². The molecule has 4 rings (SSSR count). The SMILES string of the molecule is NS(=O)(=O)c1ccc(N2CCn3c(nnc3-c3ccccc3)C2)c([N+](=O)[O-])c1. The lowest BCUT2D eigenvalue weighted by Gasteiger charge is -2.29. The van der Waals surface area contributed by atoms with Gasteiger partial charge in [-0.3, -0.25) is 10.1 Å². The predicted octanol–water partition coefficient (Wildman–Crippen LogP) is 1.52. The van der Waals surface area contributed by atoms with E-state index in [2.05, 4.69) is 10.2 Å². The molecule has 0 bridgehead atoms. The summed E-state index contributed by atoms with van der Waals surface area (Å²) in [6.07, 6.45) is 0. The van der Waals surface area contributed by atoms with Crippen LogP contribution < -0.4 is 10.0 Å². The average molecular weight is 400 g/mol. The normalized spacial score (nSPS) is 14.0. The Bertz CT molecular complexity index is 1160. The zero-order valence-corrected chi connectivity index (χ0v) is 15.4. The summed E-state index contributed by atoms with van der Waals surface area (Å²) < 4.78 is 25.0. The molecule has 3 aromatic rings. The number of fused-ring (bicyclic) bond motifs is 1. The zero-order chi connectivity index (χ0) is 19.9. The predicted molar refractivity (Wildman–Crippen MR) is 101 cm³/mol. The smallest absolute Gasteiger partial charge is 0.293 e. The van der Waals surface area contributed by atoms with Crippen molar-refractivity contribution in [2.75, 3.05) is 11.4 Å². The van der Waals surface area contributed by atoms with Gasteiger partial charge in [-0.1, -0.05) is 30.3 Å². The molecule has 0 aliphatic carbocycles.